The molecule has 9 heteroatoms. The first-order valence-corrected chi connectivity index (χ1v) is 9.80. The van der Waals surface area contributed by atoms with E-state index in [1.807, 2.05) is 19.1 Å². The number of carbonyl (C=O) groups is 1. The average Bonchev–Trinajstić information content (AvgIpc) is 3.16. The van der Waals surface area contributed by atoms with Gasteiger partial charge in [0.25, 0.3) is 0 Å². The number of pyridine rings is 2. The Morgan fingerprint density at radius 1 is 1.23 bits per heavy atom. The van der Waals surface area contributed by atoms with Gasteiger partial charge in [-0.15, -0.1) is 0 Å². The Hall–Kier alpha value is -3.85. The van der Waals surface area contributed by atoms with Crippen LogP contribution in [0.4, 0.5) is 15.1 Å². The predicted molar refractivity (Wildman–Crippen MR) is 116 cm³/mol. The lowest BCUT2D eigenvalue weighted by Gasteiger charge is -2.09. The number of carbonyl (C=O) groups excluding carboxylic acids is 1. The van der Waals surface area contributed by atoms with Crippen molar-refractivity contribution in [1.29, 1.82) is 0 Å². The first-order chi connectivity index (χ1) is 15.0. The third kappa shape index (κ3) is 4.22. The maximum atomic E-state index is 14.6. The molecule has 0 aliphatic rings. The lowest BCUT2D eigenvalue weighted by molar-refractivity contribution is 0.194. The van der Waals surface area contributed by atoms with Crippen molar-refractivity contribution in [2.24, 2.45) is 0 Å². The van der Waals surface area contributed by atoms with Crippen molar-refractivity contribution in [3.63, 3.8) is 0 Å². The van der Waals surface area contributed by atoms with Crippen LogP contribution in [0, 0.1) is 5.82 Å². The smallest absolute Gasteiger partial charge is 0.321 e. The summed E-state index contributed by atoms with van der Waals surface area (Å²) in [5, 5.41) is 15.0. The zero-order valence-corrected chi connectivity index (χ0v) is 17.0. The van der Waals surface area contributed by atoms with Crippen molar-refractivity contribution >= 4 is 23.0 Å². The van der Waals surface area contributed by atoms with Gasteiger partial charge in [-0.25, -0.2) is 14.2 Å². The van der Waals surface area contributed by atoms with Gasteiger partial charge in [-0.2, -0.15) is 0 Å². The minimum atomic E-state index is -0.676. The molecular formula is C22H21FN6O2. The first-order valence-electron chi connectivity index (χ1n) is 9.80. The normalized spacial score (nSPS) is 12.0. The topological polar surface area (TPSA) is 116 Å². The van der Waals surface area contributed by atoms with Gasteiger partial charge in [-0.05, 0) is 49.7 Å². The Labute approximate surface area is 177 Å². The van der Waals surface area contributed by atoms with Crippen LogP contribution < -0.4 is 10.6 Å². The highest BCUT2D eigenvalue weighted by molar-refractivity contribution is 5.98. The quantitative estimate of drug-likeness (QED) is 0.389. The van der Waals surface area contributed by atoms with E-state index in [1.54, 1.807) is 25.3 Å². The van der Waals surface area contributed by atoms with Crippen molar-refractivity contribution in [2.75, 3.05) is 11.9 Å². The summed E-state index contributed by atoms with van der Waals surface area (Å²) in [7, 11) is 0. The monoisotopic (exact) mass is 420 g/mol. The fraction of sp³-hybridized carbons (Fsp3) is 0.182. The van der Waals surface area contributed by atoms with Gasteiger partial charge in [0, 0.05) is 30.1 Å². The number of anilines is 1. The number of hydrogen-bond donors (Lipinski definition) is 4. The Morgan fingerprint density at radius 3 is 2.74 bits per heavy atom. The van der Waals surface area contributed by atoms with E-state index in [1.165, 1.54) is 18.3 Å². The Balaban J connectivity index is 1.86. The summed E-state index contributed by atoms with van der Waals surface area (Å²) in [6, 6.07) is 9.65. The molecule has 2 amide bonds. The van der Waals surface area contributed by atoms with Crippen LogP contribution in [0.1, 0.15) is 25.6 Å². The minimum Gasteiger partial charge on any atom is -0.387 e. The van der Waals surface area contributed by atoms with E-state index in [9.17, 15) is 14.3 Å². The molecule has 31 heavy (non-hydrogen) atoms. The Bertz CT molecular complexity index is 1240. The molecular weight excluding hydrogens is 399 g/mol. The van der Waals surface area contributed by atoms with Crippen molar-refractivity contribution < 1.29 is 14.3 Å². The fourth-order valence-corrected chi connectivity index (χ4v) is 3.24. The van der Waals surface area contributed by atoms with E-state index in [2.05, 4.69) is 30.6 Å². The second-order valence-electron chi connectivity index (χ2n) is 6.97. The van der Waals surface area contributed by atoms with Crippen molar-refractivity contribution in [3.05, 3.63) is 60.3 Å². The van der Waals surface area contributed by atoms with Gasteiger partial charge in [-0.1, -0.05) is 6.07 Å². The molecule has 0 spiro atoms. The van der Waals surface area contributed by atoms with Crippen LogP contribution in [-0.4, -0.2) is 37.6 Å². The van der Waals surface area contributed by atoms with Gasteiger partial charge in [0.05, 0.1) is 17.3 Å². The third-order valence-electron chi connectivity index (χ3n) is 4.72. The van der Waals surface area contributed by atoms with E-state index in [-0.39, 0.29) is 11.6 Å². The van der Waals surface area contributed by atoms with E-state index in [0.29, 0.717) is 28.8 Å². The van der Waals surface area contributed by atoms with Gasteiger partial charge in [0.1, 0.15) is 17.0 Å². The zero-order valence-electron chi connectivity index (χ0n) is 17.0. The van der Waals surface area contributed by atoms with Crippen molar-refractivity contribution in [3.8, 4) is 22.4 Å². The highest BCUT2D eigenvalue weighted by atomic mass is 19.1. The van der Waals surface area contributed by atoms with Gasteiger partial charge in [-0.3, -0.25) is 15.3 Å². The van der Waals surface area contributed by atoms with E-state index in [0.717, 1.165) is 11.1 Å². The van der Waals surface area contributed by atoms with Crippen molar-refractivity contribution in [1.82, 2.24) is 25.3 Å². The Kier molecular flexibility index (Phi) is 5.59. The number of aliphatic hydroxyl groups is 1. The standard InChI is InChI=1S/C22H21FN6O2/c1-3-24-22(31)29-21-27-18-10-14(13-6-7-17(12(2)30)26-11-13)9-15(20(18)28-21)19-16(23)5-4-8-25-19/h4-12,30H,3H2,1-2H3,(H3,24,27,28,29,31). The average molecular weight is 420 g/mol. The van der Waals surface area contributed by atoms with Crippen molar-refractivity contribution in [2.45, 2.75) is 20.0 Å². The number of nitrogens with zero attached hydrogens (tertiary/aromatic N) is 3. The number of aliphatic hydroxyl groups excluding tert-OH is 1. The summed E-state index contributed by atoms with van der Waals surface area (Å²) in [6.45, 7) is 3.92. The number of halogens is 1. The molecule has 1 unspecified atom stereocenters. The summed E-state index contributed by atoms with van der Waals surface area (Å²) < 4.78 is 14.6. The summed E-state index contributed by atoms with van der Waals surface area (Å²) >= 11 is 0. The number of benzene rings is 1. The van der Waals surface area contributed by atoms with Gasteiger partial charge in [0.2, 0.25) is 5.95 Å². The zero-order chi connectivity index (χ0) is 22.0. The second-order valence-corrected chi connectivity index (χ2v) is 6.97. The maximum Gasteiger partial charge on any atom is 0.321 e. The van der Waals surface area contributed by atoms with Crippen LogP contribution in [-0.2, 0) is 0 Å². The summed E-state index contributed by atoms with van der Waals surface area (Å²) in [5.41, 5.74) is 3.79. The Morgan fingerprint density at radius 2 is 2.06 bits per heavy atom. The number of imidazole rings is 1. The third-order valence-corrected chi connectivity index (χ3v) is 4.72. The maximum absolute atomic E-state index is 14.6. The van der Waals surface area contributed by atoms with Gasteiger partial charge < -0.3 is 15.4 Å². The number of H-pyrrole nitrogens is 1. The van der Waals surface area contributed by atoms with E-state index < -0.39 is 18.0 Å². The number of rotatable bonds is 5. The van der Waals surface area contributed by atoms with Gasteiger partial charge >= 0.3 is 6.03 Å². The molecule has 0 aliphatic heterocycles. The number of nitrogens with one attached hydrogen (secondary N) is 3. The van der Waals surface area contributed by atoms with E-state index in [4.69, 9.17) is 0 Å². The molecule has 4 N–H and O–H groups in total. The summed E-state index contributed by atoms with van der Waals surface area (Å²) in [4.78, 5) is 27.9. The first kappa shape index (κ1) is 20.4. The van der Waals surface area contributed by atoms with E-state index >= 15 is 0 Å². The molecule has 0 bridgehead atoms. The fourth-order valence-electron chi connectivity index (χ4n) is 3.24. The van der Waals surface area contributed by atoms with Crippen LogP contribution in [0.2, 0.25) is 0 Å². The predicted octanol–water partition coefficient (Wildman–Crippen LogP) is 4.02. The molecule has 0 radical (unpaired) electrons. The van der Waals surface area contributed by atoms with Crippen LogP contribution in [0.15, 0.2) is 48.8 Å². The highest BCUT2D eigenvalue weighted by Gasteiger charge is 2.17. The molecule has 3 aromatic heterocycles. The van der Waals surface area contributed by atoms with Crippen LogP contribution in [0.5, 0.6) is 0 Å². The van der Waals surface area contributed by atoms with Crippen LogP contribution >= 0.6 is 0 Å². The number of aromatic amines is 1. The number of hydrogen-bond acceptors (Lipinski definition) is 5. The number of fused-ring (bicyclic) bond motifs is 1. The lowest BCUT2D eigenvalue weighted by Crippen LogP contribution is -2.28. The highest BCUT2D eigenvalue weighted by Crippen LogP contribution is 2.34. The molecule has 0 saturated carbocycles. The molecule has 1 aromatic carbocycles. The molecule has 4 rings (SSSR count). The molecule has 3 heterocycles. The summed E-state index contributed by atoms with van der Waals surface area (Å²) in [6.07, 6.45) is 2.48. The molecule has 8 nitrogen and oxygen atoms in total. The molecule has 0 saturated heterocycles. The van der Waals surface area contributed by atoms with Crippen LogP contribution in [0.3, 0.4) is 0 Å². The van der Waals surface area contributed by atoms with Gasteiger partial charge in [0.15, 0.2) is 0 Å². The minimum absolute atomic E-state index is 0.152. The number of urea groups is 1. The second kappa shape index (κ2) is 8.49. The molecule has 4 aromatic rings. The SMILES string of the molecule is CCNC(=O)Nc1nc2c(-c3ncccc3F)cc(-c3ccc(C(C)O)nc3)cc2[nH]1. The largest absolute Gasteiger partial charge is 0.387 e. The molecule has 1 atom stereocenters. The lowest BCUT2D eigenvalue weighted by atomic mass is 10.0. The number of aromatic nitrogens is 4. The number of amides is 2. The summed E-state index contributed by atoms with van der Waals surface area (Å²) in [5.74, 6) is -0.247. The van der Waals surface area contributed by atoms with Crippen LogP contribution in [0.25, 0.3) is 33.4 Å². The molecule has 0 fully saturated rings. The molecule has 158 valence electrons. The molecule has 0 aliphatic carbocycles.